The van der Waals surface area contributed by atoms with Crippen LogP contribution >= 0.6 is 0 Å². The summed E-state index contributed by atoms with van der Waals surface area (Å²) in [7, 11) is 0. The molecular formula is C21H20FN3O. The van der Waals surface area contributed by atoms with Crippen molar-refractivity contribution in [2.24, 2.45) is 0 Å². The number of carbonyl (C=O) groups is 1. The molecule has 132 valence electrons. The molecule has 0 saturated heterocycles. The van der Waals surface area contributed by atoms with E-state index in [1.54, 1.807) is 23.1 Å². The Morgan fingerprint density at radius 2 is 1.88 bits per heavy atom. The van der Waals surface area contributed by atoms with Crippen molar-refractivity contribution in [2.45, 2.75) is 25.9 Å². The number of hydrogen-bond acceptors (Lipinski definition) is 1. The molecule has 5 heteroatoms. The lowest BCUT2D eigenvalue weighted by atomic mass is 10.1. The topological polar surface area (TPSA) is 37.3 Å². The molecule has 1 aliphatic rings. The van der Waals surface area contributed by atoms with Gasteiger partial charge in [-0.25, -0.2) is 9.18 Å². The lowest BCUT2D eigenvalue weighted by Gasteiger charge is -2.29. The zero-order chi connectivity index (χ0) is 18.1. The van der Waals surface area contributed by atoms with Gasteiger partial charge in [0.25, 0.3) is 0 Å². The Morgan fingerprint density at radius 1 is 1.12 bits per heavy atom. The molecule has 3 aromatic rings. The molecule has 2 amide bonds. The Hall–Kier alpha value is -3.08. The summed E-state index contributed by atoms with van der Waals surface area (Å²) in [5.41, 5.74) is 3.39. The van der Waals surface area contributed by atoms with Crippen molar-refractivity contribution in [1.29, 1.82) is 0 Å². The minimum atomic E-state index is -0.438. The van der Waals surface area contributed by atoms with E-state index >= 15 is 0 Å². The quantitative estimate of drug-likeness (QED) is 0.685. The lowest BCUT2D eigenvalue weighted by molar-refractivity contribution is 0.181. The van der Waals surface area contributed by atoms with E-state index in [1.807, 2.05) is 36.5 Å². The molecule has 1 aromatic heterocycles. The van der Waals surface area contributed by atoms with Crippen LogP contribution < -0.4 is 5.32 Å². The minimum absolute atomic E-state index is 0.0934. The van der Waals surface area contributed by atoms with Crippen molar-refractivity contribution in [2.75, 3.05) is 5.32 Å². The van der Waals surface area contributed by atoms with Crippen molar-refractivity contribution in [3.63, 3.8) is 0 Å². The number of carbonyl (C=O) groups excluding carboxylic acids is 1. The minimum Gasteiger partial charge on any atom is -0.318 e. The lowest BCUT2D eigenvalue weighted by Crippen LogP contribution is -2.37. The van der Waals surface area contributed by atoms with Gasteiger partial charge in [-0.1, -0.05) is 37.3 Å². The van der Waals surface area contributed by atoms with Gasteiger partial charge in [-0.15, -0.1) is 0 Å². The van der Waals surface area contributed by atoms with Crippen LogP contribution in [0, 0.1) is 5.82 Å². The van der Waals surface area contributed by atoms with Crippen LogP contribution in [0.15, 0.2) is 66.9 Å². The Labute approximate surface area is 151 Å². The smallest absolute Gasteiger partial charge is 0.318 e. The first-order chi connectivity index (χ1) is 12.7. The number of benzene rings is 2. The molecule has 0 aliphatic carbocycles. The molecule has 0 fully saturated rings. The molecular weight excluding hydrogens is 329 g/mol. The van der Waals surface area contributed by atoms with Crippen LogP contribution in [0.4, 0.5) is 14.9 Å². The average Bonchev–Trinajstić information content (AvgIpc) is 3.08. The van der Waals surface area contributed by atoms with E-state index in [2.05, 4.69) is 22.9 Å². The van der Waals surface area contributed by atoms with E-state index in [0.29, 0.717) is 6.54 Å². The molecule has 1 unspecified atom stereocenters. The number of para-hydroxylation sites is 2. The molecule has 1 atom stereocenters. The van der Waals surface area contributed by atoms with Gasteiger partial charge in [0.1, 0.15) is 5.82 Å². The fraction of sp³-hybridized carbons (Fsp3) is 0.190. The van der Waals surface area contributed by atoms with Gasteiger partial charge in [0, 0.05) is 11.9 Å². The predicted molar refractivity (Wildman–Crippen MR) is 99.8 cm³/mol. The molecule has 1 aliphatic heterocycles. The van der Waals surface area contributed by atoms with Crippen molar-refractivity contribution in [1.82, 2.24) is 9.47 Å². The summed E-state index contributed by atoms with van der Waals surface area (Å²) in [4.78, 5) is 14.8. The third-order valence-electron chi connectivity index (χ3n) is 4.85. The molecule has 0 bridgehead atoms. The highest BCUT2D eigenvalue weighted by Crippen LogP contribution is 2.34. The monoisotopic (exact) mass is 349 g/mol. The number of aromatic nitrogens is 1. The van der Waals surface area contributed by atoms with Crippen LogP contribution in [0.25, 0.3) is 5.69 Å². The van der Waals surface area contributed by atoms with Gasteiger partial charge in [0.05, 0.1) is 24.0 Å². The number of halogens is 1. The molecule has 1 N–H and O–H groups in total. The summed E-state index contributed by atoms with van der Waals surface area (Å²) in [5.74, 6) is -0.438. The highest BCUT2D eigenvalue weighted by molar-refractivity contribution is 5.90. The van der Waals surface area contributed by atoms with E-state index < -0.39 is 5.82 Å². The van der Waals surface area contributed by atoms with Gasteiger partial charge >= 0.3 is 6.03 Å². The zero-order valence-corrected chi connectivity index (χ0v) is 14.5. The SMILES string of the molecule is CCC1c2cccn2-c2ccccc2CN1C(=O)Nc1ccccc1F. The van der Waals surface area contributed by atoms with Gasteiger partial charge in [-0.2, -0.15) is 0 Å². The number of amides is 2. The second kappa shape index (κ2) is 6.67. The second-order valence-electron chi connectivity index (χ2n) is 6.39. The fourth-order valence-electron chi connectivity index (χ4n) is 3.61. The first kappa shape index (κ1) is 16.4. The summed E-state index contributed by atoms with van der Waals surface area (Å²) < 4.78 is 16.1. The Bertz CT molecular complexity index is 950. The van der Waals surface area contributed by atoms with Crippen molar-refractivity contribution in [3.05, 3.63) is 83.9 Å². The zero-order valence-electron chi connectivity index (χ0n) is 14.5. The number of urea groups is 1. The van der Waals surface area contributed by atoms with Gasteiger partial charge in [0.15, 0.2) is 0 Å². The predicted octanol–water partition coefficient (Wildman–Crippen LogP) is 5.12. The van der Waals surface area contributed by atoms with Crippen LogP contribution in [-0.2, 0) is 6.54 Å². The van der Waals surface area contributed by atoms with Gasteiger partial charge in [0.2, 0.25) is 0 Å². The highest BCUT2D eigenvalue weighted by atomic mass is 19.1. The van der Waals surface area contributed by atoms with E-state index in [0.717, 1.165) is 23.4 Å². The Balaban J connectivity index is 1.74. The summed E-state index contributed by atoms with van der Waals surface area (Å²) in [5, 5.41) is 2.73. The first-order valence-electron chi connectivity index (χ1n) is 8.76. The third kappa shape index (κ3) is 2.75. The molecule has 4 rings (SSSR count). The number of anilines is 1. The van der Waals surface area contributed by atoms with E-state index in [4.69, 9.17) is 0 Å². The Kier molecular flexibility index (Phi) is 4.21. The molecule has 0 radical (unpaired) electrons. The summed E-state index contributed by atoms with van der Waals surface area (Å²) >= 11 is 0. The molecule has 26 heavy (non-hydrogen) atoms. The van der Waals surface area contributed by atoms with Crippen molar-refractivity contribution < 1.29 is 9.18 Å². The standard InChI is InChI=1S/C21H20FN3O/c1-2-18-20-12-7-13-24(20)19-11-6-3-8-15(19)14-25(18)21(26)23-17-10-5-4-9-16(17)22/h3-13,18H,2,14H2,1H3,(H,23,26). The van der Waals surface area contributed by atoms with Crippen molar-refractivity contribution >= 4 is 11.7 Å². The highest BCUT2D eigenvalue weighted by Gasteiger charge is 2.30. The summed E-state index contributed by atoms with van der Waals surface area (Å²) in [6.07, 6.45) is 2.79. The largest absolute Gasteiger partial charge is 0.322 e. The van der Waals surface area contributed by atoms with Crippen LogP contribution in [-0.4, -0.2) is 15.5 Å². The molecule has 0 saturated carbocycles. The van der Waals surface area contributed by atoms with E-state index in [9.17, 15) is 9.18 Å². The average molecular weight is 349 g/mol. The van der Waals surface area contributed by atoms with Gasteiger partial charge in [-0.05, 0) is 42.3 Å². The maximum atomic E-state index is 14.0. The normalized spacial score (nSPS) is 15.8. The van der Waals surface area contributed by atoms with Gasteiger partial charge in [-0.3, -0.25) is 0 Å². The number of rotatable bonds is 2. The maximum absolute atomic E-state index is 14.0. The maximum Gasteiger partial charge on any atom is 0.322 e. The fourth-order valence-corrected chi connectivity index (χ4v) is 3.61. The van der Waals surface area contributed by atoms with E-state index in [-0.39, 0.29) is 17.8 Å². The number of fused-ring (bicyclic) bond motifs is 3. The van der Waals surface area contributed by atoms with Crippen LogP contribution in [0.3, 0.4) is 0 Å². The summed E-state index contributed by atoms with van der Waals surface area (Å²) in [6, 6.07) is 17.9. The van der Waals surface area contributed by atoms with Crippen LogP contribution in [0.2, 0.25) is 0 Å². The third-order valence-corrected chi connectivity index (χ3v) is 4.85. The summed E-state index contributed by atoms with van der Waals surface area (Å²) in [6.45, 7) is 2.53. The van der Waals surface area contributed by atoms with Gasteiger partial charge < -0.3 is 14.8 Å². The molecule has 2 aromatic carbocycles. The molecule has 2 heterocycles. The first-order valence-corrected chi connectivity index (χ1v) is 8.76. The van der Waals surface area contributed by atoms with Crippen molar-refractivity contribution in [3.8, 4) is 5.69 Å². The van der Waals surface area contributed by atoms with E-state index in [1.165, 1.54) is 6.07 Å². The molecule has 0 spiro atoms. The number of nitrogens with zero attached hydrogens (tertiary/aromatic N) is 2. The second-order valence-corrected chi connectivity index (χ2v) is 6.39. The molecule has 4 nitrogen and oxygen atoms in total. The Morgan fingerprint density at radius 3 is 2.69 bits per heavy atom. The number of hydrogen-bond donors (Lipinski definition) is 1. The van der Waals surface area contributed by atoms with Crippen LogP contribution in [0.5, 0.6) is 0 Å². The van der Waals surface area contributed by atoms with Crippen LogP contribution in [0.1, 0.15) is 30.6 Å². The number of nitrogens with one attached hydrogen (secondary N) is 1.